The Balaban J connectivity index is 1.86. The smallest absolute Gasteiger partial charge is 0.124 e. The van der Waals surface area contributed by atoms with Gasteiger partial charge in [-0.1, -0.05) is 0 Å². The molecule has 3 aromatic rings. The third kappa shape index (κ3) is 2.21. The Hall–Kier alpha value is -2.66. The summed E-state index contributed by atoms with van der Waals surface area (Å²) in [7, 11) is 1.58. The Bertz CT molecular complexity index is 885. The van der Waals surface area contributed by atoms with Crippen molar-refractivity contribution in [2.75, 3.05) is 13.7 Å². The maximum absolute atomic E-state index is 10.3. The largest absolute Gasteiger partial charge is 0.508 e. The fourth-order valence-corrected chi connectivity index (χ4v) is 3.38. The minimum Gasteiger partial charge on any atom is -0.508 e. The zero-order chi connectivity index (χ0) is 16.0. The van der Waals surface area contributed by atoms with Gasteiger partial charge >= 0.3 is 0 Å². The first-order chi connectivity index (χ1) is 11.2. The van der Waals surface area contributed by atoms with E-state index < -0.39 is 0 Å². The van der Waals surface area contributed by atoms with Crippen molar-refractivity contribution in [1.82, 2.24) is 10.3 Å². The number of H-pyrrole nitrogens is 1. The van der Waals surface area contributed by atoms with Gasteiger partial charge in [-0.25, -0.2) is 0 Å². The average Bonchev–Trinajstić information content (AvgIpc) is 2.93. The van der Waals surface area contributed by atoms with Crippen molar-refractivity contribution in [2.24, 2.45) is 0 Å². The summed E-state index contributed by atoms with van der Waals surface area (Å²) in [5, 5.41) is 24.6. The zero-order valence-corrected chi connectivity index (χ0v) is 12.8. The van der Waals surface area contributed by atoms with E-state index >= 15 is 0 Å². The fourth-order valence-electron chi connectivity index (χ4n) is 3.38. The van der Waals surface area contributed by atoms with Gasteiger partial charge in [0.2, 0.25) is 0 Å². The lowest BCUT2D eigenvalue weighted by Crippen LogP contribution is -2.30. The van der Waals surface area contributed by atoms with Gasteiger partial charge < -0.3 is 25.3 Å². The molecule has 118 valence electrons. The molecule has 1 aliphatic heterocycles. The van der Waals surface area contributed by atoms with Crippen molar-refractivity contribution in [1.29, 1.82) is 0 Å². The van der Waals surface area contributed by atoms with Gasteiger partial charge in [-0.3, -0.25) is 0 Å². The Morgan fingerprint density at radius 3 is 2.78 bits per heavy atom. The van der Waals surface area contributed by atoms with E-state index in [2.05, 4.69) is 10.3 Å². The van der Waals surface area contributed by atoms with Crippen molar-refractivity contribution in [3.8, 4) is 17.2 Å². The summed E-state index contributed by atoms with van der Waals surface area (Å²) >= 11 is 0. The molecular weight excluding hydrogens is 292 g/mol. The van der Waals surface area contributed by atoms with Crippen molar-refractivity contribution >= 4 is 10.9 Å². The third-order valence-electron chi connectivity index (χ3n) is 4.48. The maximum Gasteiger partial charge on any atom is 0.124 e. The molecule has 23 heavy (non-hydrogen) atoms. The highest BCUT2D eigenvalue weighted by molar-refractivity contribution is 5.86. The van der Waals surface area contributed by atoms with Gasteiger partial charge in [0.1, 0.15) is 17.2 Å². The van der Waals surface area contributed by atoms with Crippen molar-refractivity contribution in [3.05, 3.63) is 53.2 Å². The summed E-state index contributed by atoms with van der Waals surface area (Å²) in [5.41, 5.74) is 4.03. The molecule has 1 atom stereocenters. The number of nitrogens with one attached hydrogen (secondary N) is 2. The maximum atomic E-state index is 10.3. The first-order valence-electron chi connectivity index (χ1n) is 7.61. The summed E-state index contributed by atoms with van der Waals surface area (Å²) in [5.74, 6) is 1.10. The number of rotatable bonds is 2. The lowest BCUT2D eigenvalue weighted by molar-refractivity contribution is 0.404. The van der Waals surface area contributed by atoms with Crippen LogP contribution in [0.3, 0.4) is 0 Å². The van der Waals surface area contributed by atoms with Crippen LogP contribution in [0.1, 0.15) is 22.9 Å². The van der Waals surface area contributed by atoms with Crippen molar-refractivity contribution in [3.63, 3.8) is 0 Å². The standard InChI is InChI=1S/C18H18N2O3/c1-23-11-3-4-13(16(22)9-11)17-18-12(6-7-19-17)14-8-10(21)2-5-15(14)20-18/h2-5,8-9,17,19-22H,6-7H2,1H3. The number of methoxy groups -OCH3 is 1. The number of fused-ring (bicyclic) bond motifs is 3. The van der Waals surface area contributed by atoms with Crippen LogP contribution in [-0.2, 0) is 6.42 Å². The van der Waals surface area contributed by atoms with Crippen LogP contribution in [0, 0.1) is 0 Å². The number of hydrogen-bond donors (Lipinski definition) is 4. The lowest BCUT2D eigenvalue weighted by atomic mass is 9.93. The molecule has 5 nitrogen and oxygen atoms in total. The Kier molecular flexibility index (Phi) is 3.16. The number of phenols is 2. The Labute approximate surface area is 133 Å². The second-order valence-electron chi connectivity index (χ2n) is 5.81. The van der Waals surface area contributed by atoms with Gasteiger partial charge in [-0.15, -0.1) is 0 Å². The number of ether oxygens (including phenoxy) is 1. The minimum absolute atomic E-state index is 0.112. The van der Waals surface area contributed by atoms with Gasteiger partial charge in [0.15, 0.2) is 0 Å². The van der Waals surface area contributed by atoms with Crippen LogP contribution < -0.4 is 10.1 Å². The van der Waals surface area contributed by atoms with Gasteiger partial charge in [-0.05, 0) is 42.3 Å². The number of phenolic OH excluding ortho intramolecular Hbond substituents is 2. The molecule has 1 unspecified atom stereocenters. The topological polar surface area (TPSA) is 77.5 Å². The molecule has 0 spiro atoms. The first kappa shape index (κ1) is 14.0. The second kappa shape index (κ2) is 5.21. The lowest BCUT2D eigenvalue weighted by Gasteiger charge is -2.25. The van der Waals surface area contributed by atoms with Crippen LogP contribution in [0.2, 0.25) is 0 Å². The molecule has 0 bridgehead atoms. The average molecular weight is 310 g/mol. The van der Waals surface area contributed by atoms with Crippen molar-refractivity contribution in [2.45, 2.75) is 12.5 Å². The summed E-state index contributed by atoms with van der Waals surface area (Å²) < 4.78 is 5.15. The molecule has 0 aliphatic carbocycles. The predicted octanol–water partition coefficient (Wildman–Crippen LogP) is 2.82. The van der Waals surface area contributed by atoms with E-state index in [4.69, 9.17) is 4.74 Å². The monoisotopic (exact) mass is 310 g/mol. The molecule has 0 radical (unpaired) electrons. The summed E-state index contributed by atoms with van der Waals surface area (Å²) in [4.78, 5) is 3.43. The molecule has 0 saturated heterocycles. The third-order valence-corrected chi connectivity index (χ3v) is 4.48. The molecule has 0 fully saturated rings. The van der Waals surface area contributed by atoms with E-state index in [1.165, 1.54) is 5.56 Å². The zero-order valence-electron chi connectivity index (χ0n) is 12.8. The molecule has 2 aromatic carbocycles. The van der Waals surface area contributed by atoms with E-state index in [1.54, 1.807) is 25.3 Å². The normalized spacial score (nSPS) is 17.2. The molecule has 5 heteroatoms. The molecule has 1 aliphatic rings. The quantitative estimate of drug-likeness (QED) is 0.587. The highest BCUT2D eigenvalue weighted by atomic mass is 16.5. The van der Waals surface area contributed by atoms with E-state index in [9.17, 15) is 10.2 Å². The van der Waals surface area contributed by atoms with Crippen LogP contribution in [0.25, 0.3) is 10.9 Å². The molecule has 0 amide bonds. The van der Waals surface area contributed by atoms with E-state index in [1.807, 2.05) is 18.2 Å². The fraction of sp³-hybridized carbons (Fsp3) is 0.222. The summed E-state index contributed by atoms with van der Waals surface area (Å²) in [6, 6.07) is 10.6. The SMILES string of the molecule is COc1ccc(C2NCCc3c2[nH]c2ccc(O)cc32)c(O)c1. The number of aromatic amines is 1. The number of aromatic nitrogens is 1. The second-order valence-corrected chi connectivity index (χ2v) is 5.81. The Morgan fingerprint density at radius 1 is 1.13 bits per heavy atom. The molecule has 4 rings (SSSR count). The number of benzene rings is 2. The predicted molar refractivity (Wildman–Crippen MR) is 88.2 cm³/mol. The Morgan fingerprint density at radius 2 is 2.00 bits per heavy atom. The van der Waals surface area contributed by atoms with Crippen molar-refractivity contribution < 1.29 is 14.9 Å². The number of hydrogen-bond acceptors (Lipinski definition) is 4. The van der Waals surface area contributed by atoms with Gasteiger partial charge in [-0.2, -0.15) is 0 Å². The van der Waals surface area contributed by atoms with Gasteiger partial charge in [0.25, 0.3) is 0 Å². The highest BCUT2D eigenvalue weighted by Gasteiger charge is 2.27. The van der Waals surface area contributed by atoms with Crippen LogP contribution in [-0.4, -0.2) is 28.9 Å². The molecule has 1 aromatic heterocycles. The number of aromatic hydroxyl groups is 2. The van der Waals surface area contributed by atoms with Crippen LogP contribution in [0.5, 0.6) is 17.2 Å². The van der Waals surface area contributed by atoms with E-state index in [0.29, 0.717) is 5.75 Å². The minimum atomic E-state index is -0.112. The van der Waals surface area contributed by atoms with Crippen LogP contribution in [0.15, 0.2) is 36.4 Å². The van der Waals surface area contributed by atoms with Crippen LogP contribution >= 0.6 is 0 Å². The molecular formula is C18H18N2O3. The molecule has 0 saturated carbocycles. The van der Waals surface area contributed by atoms with Crippen LogP contribution in [0.4, 0.5) is 0 Å². The van der Waals surface area contributed by atoms with E-state index in [-0.39, 0.29) is 17.5 Å². The summed E-state index contributed by atoms with van der Waals surface area (Å²) in [6.45, 7) is 0.811. The molecule has 2 heterocycles. The van der Waals surface area contributed by atoms with Gasteiger partial charge in [0.05, 0.1) is 13.2 Å². The van der Waals surface area contributed by atoms with Gasteiger partial charge in [0, 0.05) is 34.8 Å². The molecule has 4 N–H and O–H groups in total. The van der Waals surface area contributed by atoms with E-state index in [0.717, 1.165) is 35.1 Å². The highest BCUT2D eigenvalue weighted by Crippen LogP contribution is 2.38. The summed E-state index contributed by atoms with van der Waals surface area (Å²) in [6.07, 6.45) is 0.881. The first-order valence-corrected chi connectivity index (χ1v) is 7.61.